The van der Waals surface area contributed by atoms with Gasteiger partial charge in [0.15, 0.2) is 0 Å². The molecule has 0 aliphatic carbocycles. The van der Waals surface area contributed by atoms with Crippen LogP contribution in [-0.4, -0.2) is 35.6 Å². The van der Waals surface area contributed by atoms with Crippen LogP contribution in [0.3, 0.4) is 0 Å². The van der Waals surface area contributed by atoms with Gasteiger partial charge in [-0.1, -0.05) is 41.4 Å². The summed E-state index contributed by atoms with van der Waals surface area (Å²) in [5.74, 6) is 0.595. The molecular weight excluding hydrogens is 403 g/mol. The SMILES string of the molecule is O=C(CSCc1c(Cl)cccc1Cl)Nc1ccccc1C(=O)N1CCCC1. The summed E-state index contributed by atoms with van der Waals surface area (Å²) in [4.78, 5) is 26.8. The molecule has 0 aromatic heterocycles. The molecule has 4 nitrogen and oxygen atoms in total. The third kappa shape index (κ3) is 5.18. The highest BCUT2D eigenvalue weighted by atomic mass is 35.5. The van der Waals surface area contributed by atoms with Gasteiger partial charge in [0, 0.05) is 28.9 Å². The Kier molecular flexibility index (Phi) is 7.05. The first kappa shape index (κ1) is 20.1. The number of benzene rings is 2. The summed E-state index contributed by atoms with van der Waals surface area (Å²) in [6, 6.07) is 12.5. The maximum Gasteiger partial charge on any atom is 0.255 e. The molecule has 7 heteroatoms. The Balaban J connectivity index is 1.59. The van der Waals surface area contributed by atoms with Gasteiger partial charge in [0.1, 0.15) is 0 Å². The minimum Gasteiger partial charge on any atom is -0.339 e. The van der Waals surface area contributed by atoms with Crippen LogP contribution in [0.15, 0.2) is 42.5 Å². The van der Waals surface area contributed by atoms with Gasteiger partial charge >= 0.3 is 0 Å². The number of likely N-dealkylation sites (tertiary alicyclic amines) is 1. The lowest BCUT2D eigenvalue weighted by molar-refractivity contribution is -0.113. The van der Waals surface area contributed by atoms with E-state index < -0.39 is 0 Å². The van der Waals surface area contributed by atoms with E-state index in [0.29, 0.717) is 27.0 Å². The largest absolute Gasteiger partial charge is 0.339 e. The highest BCUT2D eigenvalue weighted by molar-refractivity contribution is 7.99. The number of nitrogens with one attached hydrogen (secondary N) is 1. The van der Waals surface area contributed by atoms with E-state index in [1.165, 1.54) is 11.8 Å². The number of hydrogen-bond acceptors (Lipinski definition) is 3. The average molecular weight is 423 g/mol. The van der Waals surface area contributed by atoms with Gasteiger partial charge in [-0.15, -0.1) is 11.8 Å². The van der Waals surface area contributed by atoms with Gasteiger partial charge in [-0.2, -0.15) is 0 Å². The predicted octanol–water partition coefficient (Wildman–Crippen LogP) is 5.10. The van der Waals surface area contributed by atoms with Crippen LogP contribution in [0.5, 0.6) is 0 Å². The molecule has 2 amide bonds. The molecule has 2 aromatic carbocycles. The van der Waals surface area contributed by atoms with E-state index in [2.05, 4.69) is 5.32 Å². The number of nitrogens with zero attached hydrogens (tertiary/aromatic N) is 1. The lowest BCUT2D eigenvalue weighted by atomic mass is 10.1. The summed E-state index contributed by atoms with van der Waals surface area (Å²) in [6.07, 6.45) is 2.06. The zero-order chi connectivity index (χ0) is 19.2. The number of carbonyl (C=O) groups is 2. The third-order valence-corrected chi connectivity index (χ3v) is 6.03. The molecule has 0 unspecified atom stereocenters. The van der Waals surface area contributed by atoms with E-state index in [9.17, 15) is 9.59 Å². The molecule has 1 aliphatic rings. The maximum absolute atomic E-state index is 12.7. The molecular formula is C20H20Cl2N2O2S. The van der Waals surface area contributed by atoms with Gasteiger partial charge in [0.2, 0.25) is 5.91 Å². The molecule has 1 fully saturated rings. The van der Waals surface area contributed by atoms with Gasteiger partial charge in [-0.05, 0) is 42.7 Å². The monoisotopic (exact) mass is 422 g/mol. The Labute approximate surface area is 173 Å². The summed E-state index contributed by atoms with van der Waals surface area (Å²) in [5, 5.41) is 4.05. The molecule has 0 radical (unpaired) electrons. The van der Waals surface area contributed by atoms with E-state index in [0.717, 1.165) is 31.5 Å². The van der Waals surface area contributed by atoms with E-state index in [1.54, 1.807) is 30.3 Å². The second-order valence-electron chi connectivity index (χ2n) is 6.29. The van der Waals surface area contributed by atoms with E-state index >= 15 is 0 Å². The Hall–Kier alpha value is -1.69. The van der Waals surface area contributed by atoms with Crippen molar-refractivity contribution in [1.82, 2.24) is 4.90 Å². The summed E-state index contributed by atoms with van der Waals surface area (Å²) in [5.41, 5.74) is 1.91. The van der Waals surface area contributed by atoms with Crippen LogP contribution >= 0.6 is 35.0 Å². The quantitative estimate of drug-likeness (QED) is 0.703. The van der Waals surface area contributed by atoms with Crippen molar-refractivity contribution in [1.29, 1.82) is 0 Å². The molecule has 27 heavy (non-hydrogen) atoms. The van der Waals surface area contributed by atoms with E-state index in [4.69, 9.17) is 23.2 Å². The standard InChI is InChI=1S/C20H20Cl2N2O2S/c21-16-7-5-8-17(22)15(16)12-27-13-19(25)23-18-9-2-1-6-14(18)20(26)24-10-3-4-11-24/h1-2,5-9H,3-4,10-13H2,(H,23,25). The molecule has 1 heterocycles. The Morgan fingerprint density at radius 1 is 1.00 bits per heavy atom. The van der Waals surface area contributed by atoms with Crippen molar-refractivity contribution >= 4 is 52.5 Å². The first-order valence-electron chi connectivity index (χ1n) is 8.75. The second-order valence-corrected chi connectivity index (χ2v) is 8.09. The lowest BCUT2D eigenvalue weighted by Gasteiger charge is -2.18. The summed E-state index contributed by atoms with van der Waals surface area (Å²) in [7, 11) is 0. The number of halogens is 2. The zero-order valence-electron chi connectivity index (χ0n) is 14.7. The topological polar surface area (TPSA) is 49.4 Å². The molecule has 142 valence electrons. The zero-order valence-corrected chi connectivity index (χ0v) is 17.0. The first-order chi connectivity index (χ1) is 13.1. The number of rotatable bonds is 6. The number of carbonyl (C=O) groups excluding carboxylic acids is 2. The smallest absolute Gasteiger partial charge is 0.255 e. The molecule has 0 atom stereocenters. The number of amides is 2. The summed E-state index contributed by atoms with van der Waals surface area (Å²) in [6.45, 7) is 1.55. The predicted molar refractivity (Wildman–Crippen MR) is 113 cm³/mol. The van der Waals surface area contributed by atoms with Crippen LogP contribution in [0.2, 0.25) is 10.0 Å². The molecule has 3 rings (SSSR count). The minimum atomic E-state index is -0.162. The normalized spacial score (nSPS) is 13.6. The molecule has 0 spiro atoms. The fourth-order valence-corrected chi connectivity index (χ4v) is 4.54. The van der Waals surface area contributed by atoms with Gasteiger partial charge in [0.25, 0.3) is 5.91 Å². The Bertz CT molecular complexity index is 818. The van der Waals surface area contributed by atoms with Crippen molar-refractivity contribution in [2.75, 3.05) is 24.2 Å². The molecule has 1 aliphatic heterocycles. The highest BCUT2D eigenvalue weighted by Gasteiger charge is 2.22. The van der Waals surface area contributed by atoms with E-state index in [-0.39, 0.29) is 17.6 Å². The van der Waals surface area contributed by atoms with Crippen LogP contribution in [0.1, 0.15) is 28.8 Å². The molecule has 0 saturated carbocycles. The second kappa shape index (κ2) is 9.49. The van der Waals surface area contributed by atoms with Gasteiger partial charge in [-0.3, -0.25) is 9.59 Å². The molecule has 2 aromatic rings. The fraction of sp³-hybridized carbons (Fsp3) is 0.300. The van der Waals surface area contributed by atoms with Gasteiger partial charge in [0.05, 0.1) is 17.0 Å². The first-order valence-corrected chi connectivity index (χ1v) is 10.7. The minimum absolute atomic E-state index is 0.0288. The van der Waals surface area contributed by atoms with E-state index in [1.807, 2.05) is 17.0 Å². The van der Waals surface area contributed by atoms with Crippen molar-refractivity contribution < 1.29 is 9.59 Å². The van der Waals surface area contributed by atoms with Crippen molar-refractivity contribution in [3.8, 4) is 0 Å². The van der Waals surface area contributed by atoms with Crippen molar-refractivity contribution in [2.45, 2.75) is 18.6 Å². The Morgan fingerprint density at radius 3 is 2.37 bits per heavy atom. The lowest BCUT2D eigenvalue weighted by Crippen LogP contribution is -2.29. The number of thioether (sulfide) groups is 1. The summed E-state index contributed by atoms with van der Waals surface area (Å²) >= 11 is 13.7. The molecule has 1 N–H and O–H groups in total. The molecule has 1 saturated heterocycles. The summed E-state index contributed by atoms with van der Waals surface area (Å²) < 4.78 is 0. The average Bonchev–Trinajstić information content (AvgIpc) is 3.19. The van der Waals surface area contributed by atoms with Crippen LogP contribution in [0, 0.1) is 0 Å². The van der Waals surface area contributed by atoms with Crippen LogP contribution in [0.25, 0.3) is 0 Å². The fourth-order valence-electron chi connectivity index (χ4n) is 2.97. The molecule has 0 bridgehead atoms. The Morgan fingerprint density at radius 2 is 1.67 bits per heavy atom. The van der Waals surface area contributed by atoms with Crippen LogP contribution < -0.4 is 5.32 Å². The van der Waals surface area contributed by atoms with Gasteiger partial charge < -0.3 is 10.2 Å². The number of para-hydroxylation sites is 1. The van der Waals surface area contributed by atoms with Crippen LogP contribution in [-0.2, 0) is 10.5 Å². The van der Waals surface area contributed by atoms with Crippen molar-refractivity contribution in [3.63, 3.8) is 0 Å². The highest BCUT2D eigenvalue weighted by Crippen LogP contribution is 2.28. The van der Waals surface area contributed by atoms with Crippen molar-refractivity contribution in [3.05, 3.63) is 63.6 Å². The van der Waals surface area contributed by atoms with Gasteiger partial charge in [-0.25, -0.2) is 0 Å². The number of hydrogen-bond donors (Lipinski definition) is 1. The van der Waals surface area contributed by atoms with Crippen molar-refractivity contribution in [2.24, 2.45) is 0 Å². The third-order valence-electron chi connectivity index (χ3n) is 4.37. The maximum atomic E-state index is 12.7. The van der Waals surface area contributed by atoms with Crippen LogP contribution in [0.4, 0.5) is 5.69 Å². The number of anilines is 1.